The monoisotopic (exact) mass is 354 g/mol. The van der Waals surface area contributed by atoms with Crippen LogP contribution in [0.25, 0.3) is 37.7 Å². The highest BCUT2D eigenvalue weighted by Gasteiger charge is 2.19. The van der Waals surface area contributed by atoms with E-state index >= 15 is 0 Å². The number of aryl methyl sites for hydroxylation is 2. The molecule has 0 aliphatic rings. The quantitative estimate of drug-likeness (QED) is 0.354. The van der Waals surface area contributed by atoms with Crippen LogP contribution in [0.5, 0.6) is 0 Å². The van der Waals surface area contributed by atoms with Crippen LogP contribution >= 0.6 is 11.3 Å². The van der Waals surface area contributed by atoms with Gasteiger partial charge in [0, 0.05) is 11.1 Å². The molecule has 3 aromatic carbocycles. The summed E-state index contributed by atoms with van der Waals surface area (Å²) >= 11 is 1.74. The number of benzene rings is 3. The Balaban J connectivity index is 1.88. The predicted octanol–water partition coefficient (Wildman–Crippen LogP) is 6.50. The molecule has 0 aliphatic heterocycles. The first-order chi connectivity index (χ1) is 12.7. The van der Waals surface area contributed by atoms with Gasteiger partial charge < -0.3 is 0 Å². The van der Waals surface area contributed by atoms with Gasteiger partial charge >= 0.3 is 0 Å². The molecule has 0 fully saturated rings. The van der Waals surface area contributed by atoms with E-state index in [1.165, 1.54) is 32.6 Å². The van der Waals surface area contributed by atoms with Crippen LogP contribution < -0.4 is 0 Å². The number of rotatable bonds is 2. The van der Waals surface area contributed by atoms with Crippen molar-refractivity contribution >= 4 is 26.5 Å². The SMILES string of the molecule is Cc1ccc(-c2nc3sc4ccccc4n3c2-c2ccc(C)cc2)cc1. The lowest BCUT2D eigenvalue weighted by Crippen LogP contribution is -1.89. The van der Waals surface area contributed by atoms with Crippen LogP contribution in [0.1, 0.15) is 11.1 Å². The molecule has 0 unspecified atom stereocenters. The summed E-state index contributed by atoms with van der Waals surface area (Å²) in [6.07, 6.45) is 0. The number of aromatic nitrogens is 2. The number of nitrogens with zero attached hydrogens (tertiary/aromatic N) is 2. The maximum Gasteiger partial charge on any atom is 0.195 e. The number of hydrogen-bond donors (Lipinski definition) is 0. The Morgan fingerprint density at radius 2 is 1.35 bits per heavy atom. The van der Waals surface area contributed by atoms with Gasteiger partial charge in [-0.15, -0.1) is 0 Å². The molecule has 0 aliphatic carbocycles. The molecular weight excluding hydrogens is 336 g/mol. The van der Waals surface area contributed by atoms with E-state index in [2.05, 4.69) is 91.0 Å². The summed E-state index contributed by atoms with van der Waals surface area (Å²) in [4.78, 5) is 6.07. The summed E-state index contributed by atoms with van der Waals surface area (Å²) in [5.74, 6) is 0. The molecule has 0 spiro atoms. The van der Waals surface area contributed by atoms with Crippen molar-refractivity contribution in [2.75, 3.05) is 0 Å². The minimum Gasteiger partial charge on any atom is -0.282 e. The third kappa shape index (κ3) is 2.36. The summed E-state index contributed by atoms with van der Waals surface area (Å²) < 4.78 is 3.57. The summed E-state index contributed by atoms with van der Waals surface area (Å²) in [5, 5.41) is 0. The highest BCUT2D eigenvalue weighted by Crippen LogP contribution is 2.38. The average Bonchev–Trinajstić information content (AvgIpc) is 3.19. The molecule has 2 aromatic heterocycles. The fourth-order valence-corrected chi connectivity index (χ4v) is 4.43. The molecule has 26 heavy (non-hydrogen) atoms. The van der Waals surface area contributed by atoms with Crippen LogP contribution in [-0.2, 0) is 0 Å². The standard InChI is InChI=1S/C23H18N2S/c1-15-7-11-17(12-8-15)21-22(18-13-9-16(2)10-14-18)25-19-5-3-4-6-20(19)26-23(25)24-21/h3-14H,1-2H3. The van der Waals surface area contributed by atoms with E-state index in [0.717, 1.165) is 16.2 Å². The topological polar surface area (TPSA) is 17.3 Å². The van der Waals surface area contributed by atoms with Crippen molar-refractivity contribution in [3.05, 3.63) is 83.9 Å². The lowest BCUT2D eigenvalue weighted by Gasteiger charge is -2.07. The molecule has 5 rings (SSSR count). The second kappa shape index (κ2) is 5.82. The number of para-hydroxylation sites is 1. The Morgan fingerprint density at radius 3 is 2.04 bits per heavy atom. The van der Waals surface area contributed by atoms with Crippen molar-refractivity contribution in [3.63, 3.8) is 0 Å². The molecule has 0 radical (unpaired) electrons. The van der Waals surface area contributed by atoms with Crippen molar-refractivity contribution in [2.24, 2.45) is 0 Å². The van der Waals surface area contributed by atoms with Gasteiger partial charge in [-0.2, -0.15) is 0 Å². The van der Waals surface area contributed by atoms with Crippen molar-refractivity contribution in [2.45, 2.75) is 13.8 Å². The molecule has 0 N–H and O–H groups in total. The molecule has 0 saturated carbocycles. The highest BCUT2D eigenvalue weighted by atomic mass is 32.1. The summed E-state index contributed by atoms with van der Waals surface area (Å²) in [6.45, 7) is 4.24. The molecule has 0 saturated heterocycles. The smallest absolute Gasteiger partial charge is 0.195 e. The van der Waals surface area contributed by atoms with Gasteiger partial charge in [-0.3, -0.25) is 4.40 Å². The van der Waals surface area contributed by atoms with Crippen molar-refractivity contribution in [1.82, 2.24) is 9.38 Å². The largest absolute Gasteiger partial charge is 0.282 e. The van der Waals surface area contributed by atoms with Gasteiger partial charge in [-0.25, -0.2) is 4.98 Å². The summed E-state index contributed by atoms with van der Waals surface area (Å²) in [6, 6.07) is 25.9. The second-order valence-electron chi connectivity index (χ2n) is 6.73. The van der Waals surface area contributed by atoms with Crippen molar-refractivity contribution < 1.29 is 0 Å². The van der Waals surface area contributed by atoms with E-state index in [9.17, 15) is 0 Å². The van der Waals surface area contributed by atoms with Crippen LogP contribution in [0.15, 0.2) is 72.8 Å². The zero-order valence-corrected chi connectivity index (χ0v) is 15.5. The molecule has 2 heterocycles. The van der Waals surface area contributed by atoms with E-state index in [4.69, 9.17) is 4.98 Å². The average molecular weight is 354 g/mol. The van der Waals surface area contributed by atoms with Gasteiger partial charge in [0.15, 0.2) is 4.96 Å². The van der Waals surface area contributed by atoms with Crippen LogP contribution in [-0.4, -0.2) is 9.38 Å². The lowest BCUT2D eigenvalue weighted by molar-refractivity contribution is 1.29. The third-order valence-corrected chi connectivity index (χ3v) is 5.83. The molecule has 2 nitrogen and oxygen atoms in total. The maximum atomic E-state index is 5.03. The van der Waals surface area contributed by atoms with Gasteiger partial charge in [0.05, 0.1) is 21.6 Å². The number of thiazole rings is 1. The molecule has 0 bridgehead atoms. The minimum atomic E-state index is 1.04. The Morgan fingerprint density at radius 1 is 0.731 bits per heavy atom. The zero-order valence-electron chi connectivity index (χ0n) is 14.7. The zero-order chi connectivity index (χ0) is 17.7. The summed E-state index contributed by atoms with van der Waals surface area (Å²) in [5.41, 5.74) is 8.31. The van der Waals surface area contributed by atoms with Gasteiger partial charge in [-0.05, 0) is 26.0 Å². The van der Waals surface area contributed by atoms with E-state index in [0.29, 0.717) is 0 Å². The van der Waals surface area contributed by atoms with E-state index < -0.39 is 0 Å². The highest BCUT2D eigenvalue weighted by molar-refractivity contribution is 7.23. The second-order valence-corrected chi connectivity index (χ2v) is 7.74. The van der Waals surface area contributed by atoms with E-state index in [1.54, 1.807) is 11.3 Å². The lowest BCUT2D eigenvalue weighted by atomic mass is 10.0. The van der Waals surface area contributed by atoms with Crippen LogP contribution in [0.2, 0.25) is 0 Å². The van der Waals surface area contributed by atoms with Gasteiger partial charge in [0.1, 0.15) is 0 Å². The Labute approximate surface area is 156 Å². The Kier molecular flexibility index (Phi) is 3.44. The van der Waals surface area contributed by atoms with Crippen molar-refractivity contribution in [3.8, 4) is 22.5 Å². The number of hydrogen-bond acceptors (Lipinski definition) is 2. The Bertz CT molecular complexity index is 1230. The van der Waals surface area contributed by atoms with Gasteiger partial charge in [0.25, 0.3) is 0 Å². The minimum absolute atomic E-state index is 1.04. The van der Waals surface area contributed by atoms with Crippen LogP contribution in [0, 0.1) is 13.8 Å². The van der Waals surface area contributed by atoms with Crippen LogP contribution in [0.3, 0.4) is 0 Å². The van der Waals surface area contributed by atoms with Crippen molar-refractivity contribution in [1.29, 1.82) is 0 Å². The van der Waals surface area contributed by atoms with Gasteiger partial charge in [-0.1, -0.05) is 83.1 Å². The molecule has 0 atom stereocenters. The third-order valence-electron chi connectivity index (χ3n) is 4.80. The fourth-order valence-electron chi connectivity index (χ4n) is 3.41. The molecule has 0 amide bonds. The van der Waals surface area contributed by atoms with E-state index in [1.807, 2.05) is 0 Å². The van der Waals surface area contributed by atoms with Crippen LogP contribution in [0.4, 0.5) is 0 Å². The van der Waals surface area contributed by atoms with Gasteiger partial charge in [0.2, 0.25) is 0 Å². The first-order valence-corrected chi connectivity index (χ1v) is 9.56. The van der Waals surface area contributed by atoms with E-state index in [-0.39, 0.29) is 0 Å². The Hall–Kier alpha value is -2.91. The number of imidazole rings is 1. The molecule has 126 valence electrons. The fraction of sp³-hybridized carbons (Fsp3) is 0.0870. The first-order valence-electron chi connectivity index (χ1n) is 8.75. The predicted molar refractivity (Wildman–Crippen MR) is 111 cm³/mol. The number of fused-ring (bicyclic) bond motifs is 3. The summed E-state index contributed by atoms with van der Waals surface area (Å²) in [7, 11) is 0. The molecular formula is C23H18N2S. The first kappa shape index (κ1) is 15.4. The maximum absolute atomic E-state index is 5.03. The molecule has 5 aromatic rings. The normalized spacial score (nSPS) is 11.5. The molecule has 3 heteroatoms.